The molecule has 0 fully saturated rings. The van der Waals surface area contributed by atoms with Crippen molar-refractivity contribution in [3.05, 3.63) is 57.4 Å². The summed E-state index contributed by atoms with van der Waals surface area (Å²) in [7, 11) is -2.40. The second-order valence-corrected chi connectivity index (χ2v) is 8.52. The molecule has 2 aromatic rings. The van der Waals surface area contributed by atoms with Gasteiger partial charge in [-0.3, -0.25) is 0 Å². The Kier molecular flexibility index (Phi) is 8.78. The minimum absolute atomic E-state index is 0.0786. The number of aromatic nitrogens is 1. The lowest BCUT2D eigenvalue weighted by Crippen LogP contribution is -2.30. The Morgan fingerprint density at radius 2 is 2.04 bits per heavy atom. The van der Waals surface area contributed by atoms with Crippen LogP contribution in [-0.2, 0) is 26.0 Å². The van der Waals surface area contributed by atoms with Gasteiger partial charge in [0.1, 0.15) is 5.01 Å². The number of methoxy groups -OCH3 is 1. The van der Waals surface area contributed by atoms with Crippen LogP contribution in [0.2, 0.25) is 0 Å². The van der Waals surface area contributed by atoms with Crippen LogP contribution in [0.25, 0.3) is 6.08 Å². The van der Waals surface area contributed by atoms with E-state index in [1.165, 1.54) is 28.2 Å². The highest BCUT2D eigenvalue weighted by Gasteiger charge is 2.21. The normalized spacial score (nSPS) is 12.0. The summed E-state index contributed by atoms with van der Waals surface area (Å²) < 4.78 is 37.0. The maximum Gasteiger partial charge on any atom is 0.357 e. The lowest BCUT2D eigenvalue weighted by Gasteiger charge is -2.19. The third-order valence-electron chi connectivity index (χ3n) is 3.75. The number of carbonyl (C=O) groups excluding carboxylic acids is 1. The second-order valence-electron chi connectivity index (χ2n) is 5.76. The van der Waals surface area contributed by atoms with Crippen LogP contribution in [0.3, 0.4) is 0 Å². The summed E-state index contributed by atoms with van der Waals surface area (Å²) >= 11 is 1.22. The fourth-order valence-electron chi connectivity index (χ4n) is 2.33. The molecule has 152 valence electrons. The third-order valence-corrected chi connectivity index (χ3v) is 6.10. The van der Waals surface area contributed by atoms with E-state index < -0.39 is 16.0 Å². The van der Waals surface area contributed by atoms with E-state index in [9.17, 15) is 13.2 Å². The Hall–Kier alpha value is -2.07. The molecule has 0 amide bonds. The third kappa shape index (κ3) is 6.83. The van der Waals surface area contributed by atoms with Gasteiger partial charge in [-0.25, -0.2) is 18.2 Å². The van der Waals surface area contributed by atoms with Crippen LogP contribution in [0.4, 0.5) is 0 Å². The van der Waals surface area contributed by atoms with Crippen LogP contribution in [0.15, 0.2) is 41.1 Å². The van der Waals surface area contributed by atoms with Crippen LogP contribution < -0.4 is 0 Å². The molecule has 0 unspecified atom stereocenters. The zero-order valence-corrected chi connectivity index (χ0v) is 17.5. The van der Waals surface area contributed by atoms with Crippen molar-refractivity contribution in [3.63, 3.8) is 0 Å². The molecule has 0 atom stereocenters. The van der Waals surface area contributed by atoms with Gasteiger partial charge in [0.2, 0.25) is 10.0 Å². The molecule has 1 heterocycles. The highest BCUT2D eigenvalue weighted by atomic mass is 32.2. The topological polar surface area (TPSA) is 85.8 Å². The Morgan fingerprint density at radius 3 is 2.71 bits per heavy atom. The summed E-state index contributed by atoms with van der Waals surface area (Å²) in [5.41, 5.74) is 0.969. The molecule has 7 nitrogen and oxygen atoms in total. The standard InChI is InChI=1S/C19H24N2O5S2/c1-3-26-12-7-11-21(14-18-20-17(15-27-18)19(22)25-2)28(23,24)13-10-16-8-5-4-6-9-16/h4-6,8-10,13,15H,3,7,11-12,14H2,1-2H3. The van der Waals surface area contributed by atoms with Crippen LogP contribution >= 0.6 is 11.3 Å². The summed E-state index contributed by atoms with van der Waals surface area (Å²) in [6.07, 6.45) is 2.12. The smallest absolute Gasteiger partial charge is 0.357 e. The molecular weight excluding hydrogens is 400 g/mol. The van der Waals surface area contributed by atoms with Crippen LogP contribution in [0.1, 0.15) is 34.4 Å². The average molecular weight is 425 g/mol. The van der Waals surface area contributed by atoms with Crippen molar-refractivity contribution in [2.75, 3.05) is 26.9 Å². The number of benzene rings is 1. The summed E-state index contributed by atoms with van der Waals surface area (Å²) in [5.74, 6) is -0.544. The molecule has 0 aliphatic rings. The molecule has 0 radical (unpaired) electrons. The molecule has 0 spiro atoms. The zero-order valence-electron chi connectivity index (χ0n) is 15.9. The fourth-order valence-corrected chi connectivity index (χ4v) is 4.38. The highest BCUT2D eigenvalue weighted by Crippen LogP contribution is 2.17. The second kappa shape index (κ2) is 11.1. The highest BCUT2D eigenvalue weighted by molar-refractivity contribution is 7.92. The number of hydrogen-bond acceptors (Lipinski definition) is 7. The summed E-state index contributed by atoms with van der Waals surface area (Å²) in [4.78, 5) is 15.8. The van der Waals surface area contributed by atoms with E-state index in [4.69, 9.17) is 4.74 Å². The fraction of sp³-hybridized carbons (Fsp3) is 0.368. The Bertz CT molecular complexity index is 879. The molecule has 28 heavy (non-hydrogen) atoms. The van der Waals surface area contributed by atoms with E-state index in [1.807, 2.05) is 37.3 Å². The van der Waals surface area contributed by atoms with E-state index in [0.29, 0.717) is 24.6 Å². The predicted molar refractivity (Wildman–Crippen MR) is 109 cm³/mol. The number of rotatable bonds is 11. The SMILES string of the molecule is CCOCCCN(Cc1nc(C(=O)OC)cs1)S(=O)(=O)C=Cc1ccccc1. The number of sulfonamides is 1. The predicted octanol–water partition coefficient (Wildman–Crippen LogP) is 3.16. The Balaban J connectivity index is 2.16. The van der Waals surface area contributed by atoms with Gasteiger partial charge in [0, 0.05) is 30.5 Å². The van der Waals surface area contributed by atoms with Gasteiger partial charge in [0.25, 0.3) is 0 Å². The summed E-state index contributed by atoms with van der Waals surface area (Å²) in [6, 6.07) is 9.21. The van der Waals surface area contributed by atoms with Crippen molar-refractivity contribution < 1.29 is 22.7 Å². The Labute approximate surface area is 169 Å². The average Bonchev–Trinajstić information content (AvgIpc) is 3.17. The molecule has 0 aliphatic heterocycles. The zero-order chi connectivity index (χ0) is 20.4. The Morgan fingerprint density at radius 1 is 1.29 bits per heavy atom. The van der Waals surface area contributed by atoms with Gasteiger partial charge in [-0.2, -0.15) is 4.31 Å². The van der Waals surface area contributed by atoms with Gasteiger partial charge < -0.3 is 9.47 Å². The number of thiazole rings is 1. The molecular formula is C19H24N2O5S2. The van der Waals surface area contributed by atoms with E-state index >= 15 is 0 Å². The maximum atomic E-state index is 12.9. The van der Waals surface area contributed by atoms with Crippen molar-refractivity contribution in [1.29, 1.82) is 0 Å². The molecule has 1 aromatic heterocycles. The van der Waals surface area contributed by atoms with Crippen molar-refractivity contribution in [2.24, 2.45) is 0 Å². The molecule has 1 aromatic carbocycles. The van der Waals surface area contributed by atoms with E-state index in [-0.39, 0.29) is 18.8 Å². The first kappa shape index (κ1) is 22.2. The van der Waals surface area contributed by atoms with E-state index in [1.54, 1.807) is 11.5 Å². The maximum absolute atomic E-state index is 12.9. The first-order valence-electron chi connectivity index (χ1n) is 8.80. The van der Waals surface area contributed by atoms with Crippen molar-refractivity contribution in [1.82, 2.24) is 9.29 Å². The lowest BCUT2D eigenvalue weighted by molar-refractivity contribution is 0.0594. The van der Waals surface area contributed by atoms with Crippen LogP contribution in [0, 0.1) is 0 Å². The summed E-state index contributed by atoms with van der Waals surface area (Å²) in [6.45, 7) is 3.30. The minimum Gasteiger partial charge on any atom is -0.464 e. The largest absolute Gasteiger partial charge is 0.464 e. The van der Waals surface area contributed by atoms with Gasteiger partial charge in [0.05, 0.1) is 13.7 Å². The molecule has 0 N–H and O–H groups in total. The first-order chi connectivity index (χ1) is 13.5. The van der Waals surface area contributed by atoms with Crippen LogP contribution in [0.5, 0.6) is 0 Å². The minimum atomic E-state index is -3.67. The number of carbonyl (C=O) groups is 1. The molecule has 0 saturated carbocycles. The van der Waals surface area contributed by atoms with E-state index in [0.717, 1.165) is 5.56 Å². The molecule has 0 bridgehead atoms. The first-order valence-corrected chi connectivity index (χ1v) is 11.2. The molecule has 9 heteroatoms. The molecule has 0 aliphatic carbocycles. The van der Waals surface area contributed by atoms with Crippen LogP contribution in [-0.4, -0.2) is 50.5 Å². The number of hydrogen-bond donors (Lipinski definition) is 0. The number of nitrogens with zero attached hydrogens (tertiary/aromatic N) is 2. The monoisotopic (exact) mass is 424 g/mol. The number of ether oxygens (including phenoxy) is 2. The van der Waals surface area contributed by atoms with Gasteiger partial charge in [-0.05, 0) is 25.0 Å². The molecule has 2 rings (SSSR count). The van der Waals surface area contributed by atoms with Crippen molar-refractivity contribution in [2.45, 2.75) is 19.9 Å². The van der Waals surface area contributed by atoms with Gasteiger partial charge in [0.15, 0.2) is 5.69 Å². The molecule has 0 saturated heterocycles. The van der Waals surface area contributed by atoms with E-state index in [2.05, 4.69) is 9.72 Å². The van der Waals surface area contributed by atoms with Gasteiger partial charge in [-0.15, -0.1) is 11.3 Å². The summed E-state index contributed by atoms with van der Waals surface area (Å²) in [5, 5.41) is 3.28. The van der Waals surface area contributed by atoms with Gasteiger partial charge in [-0.1, -0.05) is 30.3 Å². The van der Waals surface area contributed by atoms with Gasteiger partial charge >= 0.3 is 5.97 Å². The lowest BCUT2D eigenvalue weighted by atomic mass is 10.2. The van der Waals surface area contributed by atoms with Crippen molar-refractivity contribution >= 4 is 33.4 Å². The quantitative estimate of drug-likeness (QED) is 0.407. The van der Waals surface area contributed by atoms with Crippen molar-refractivity contribution in [3.8, 4) is 0 Å². The number of esters is 1.